The highest BCUT2D eigenvalue weighted by molar-refractivity contribution is 5.38. The van der Waals surface area contributed by atoms with Gasteiger partial charge in [0, 0.05) is 26.3 Å². The molecule has 1 N–H and O–H groups in total. The van der Waals surface area contributed by atoms with Gasteiger partial charge < -0.3 is 10.2 Å². The molecule has 0 amide bonds. The predicted molar refractivity (Wildman–Crippen MR) is 74.4 cm³/mol. The molecule has 0 aliphatic heterocycles. The van der Waals surface area contributed by atoms with Crippen molar-refractivity contribution in [2.24, 2.45) is 0 Å². The molecule has 0 saturated heterocycles. The second-order valence-electron chi connectivity index (χ2n) is 4.43. The molecule has 0 fully saturated rings. The van der Waals surface area contributed by atoms with Crippen LogP contribution < -0.4 is 10.2 Å². The Kier molecular flexibility index (Phi) is 6.63. The Morgan fingerprint density at radius 2 is 2.06 bits per heavy atom. The van der Waals surface area contributed by atoms with Gasteiger partial charge in [-0.3, -0.25) is 0 Å². The minimum atomic E-state index is 0.906. The Morgan fingerprint density at radius 3 is 2.65 bits per heavy atom. The van der Waals surface area contributed by atoms with Crippen LogP contribution in [0.4, 0.5) is 5.82 Å². The zero-order chi connectivity index (χ0) is 12.5. The standard InChI is InChI=1S/C14H25N3/c1-4-6-7-10-17(3)14-9-8-13(12-16-14)11-15-5-2/h8-9,12,15H,4-7,10-11H2,1-3H3. The summed E-state index contributed by atoms with van der Waals surface area (Å²) < 4.78 is 0. The smallest absolute Gasteiger partial charge is 0.128 e. The Hall–Kier alpha value is -1.09. The van der Waals surface area contributed by atoms with E-state index in [9.17, 15) is 0 Å². The first-order valence-electron chi connectivity index (χ1n) is 6.64. The van der Waals surface area contributed by atoms with Crippen LogP contribution in [-0.4, -0.2) is 25.1 Å². The lowest BCUT2D eigenvalue weighted by atomic mass is 10.2. The molecule has 0 bridgehead atoms. The fraction of sp³-hybridized carbons (Fsp3) is 0.643. The largest absolute Gasteiger partial charge is 0.360 e. The summed E-state index contributed by atoms with van der Waals surface area (Å²) in [4.78, 5) is 6.73. The van der Waals surface area contributed by atoms with Crippen LogP contribution in [0.25, 0.3) is 0 Å². The van der Waals surface area contributed by atoms with E-state index in [-0.39, 0.29) is 0 Å². The second kappa shape index (κ2) is 8.07. The highest BCUT2D eigenvalue weighted by Gasteiger charge is 2.01. The first kappa shape index (κ1) is 14.0. The number of pyridine rings is 1. The molecule has 1 aromatic rings. The van der Waals surface area contributed by atoms with Crippen molar-refractivity contribution in [1.82, 2.24) is 10.3 Å². The van der Waals surface area contributed by atoms with E-state index in [2.05, 4.69) is 48.2 Å². The van der Waals surface area contributed by atoms with E-state index in [1.54, 1.807) is 0 Å². The summed E-state index contributed by atoms with van der Waals surface area (Å²) in [6, 6.07) is 4.26. The van der Waals surface area contributed by atoms with Gasteiger partial charge in [-0.05, 0) is 24.6 Å². The van der Waals surface area contributed by atoms with Crippen molar-refractivity contribution in [3.63, 3.8) is 0 Å². The number of anilines is 1. The minimum Gasteiger partial charge on any atom is -0.360 e. The average molecular weight is 235 g/mol. The molecule has 17 heavy (non-hydrogen) atoms. The zero-order valence-electron chi connectivity index (χ0n) is 11.4. The predicted octanol–water partition coefficient (Wildman–Crippen LogP) is 2.82. The number of nitrogens with zero attached hydrogens (tertiary/aromatic N) is 2. The number of hydrogen-bond donors (Lipinski definition) is 1. The third-order valence-electron chi connectivity index (χ3n) is 2.88. The molecule has 96 valence electrons. The number of nitrogens with one attached hydrogen (secondary N) is 1. The van der Waals surface area contributed by atoms with E-state index in [0.717, 1.165) is 25.5 Å². The van der Waals surface area contributed by atoms with Gasteiger partial charge in [-0.25, -0.2) is 4.98 Å². The summed E-state index contributed by atoms with van der Waals surface area (Å²) in [5.41, 5.74) is 1.25. The molecule has 1 rings (SSSR count). The fourth-order valence-corrected chi connectivity index (χ4v) is 1.73. The maximum atomic E-state index is 4.50. The fourth-order valence-electron chi connectivity index (χ4n) is 1.73. The number of aromatic nitrogens is 1. The van der Waals surface area contributed by atoms with Crippen LogP contribution in [0.2, 0.25) is 0 Å². The van der Waals surface area contributed by atoms with Gasteiger partial charge in [0.15, 0.2) is 0 Å². The molecule has 3 nitrogen and oxygen atoms in total. The monoisotopic (exact) mass is 235 g/mol. The SMILES string of the molecule is CCCCCN(C)c1ccc(CNCC)cn1. The molecular weight excluding hydrogens is 210 g/mol. The van der Waals surface area contributed by atoms with Crippen LogP contribution in [0.15, 0.2) is 18.3 Å². The van der Waals surface area contributed by atoms with Gasteiger partial charge in [-0.15, -0.1) is 0 Å². The van der Waals surface area contributed by atoms with E-state index in [0.29, 0.717) is 0 Å². The molecule has 3 heteroatoms. The van der Waals surface area contributed by atoms with E-state index < -0.39 is 0 Å². The molecule has 0 spiro atoms. The van der Waals surface area contributed by atoms with Crippen molar-refractivity contribution in [2.75, 3.05) is 25.0 Å². The molecule has 0 aromatic carbocycles. The van der Waals surface area contributed by atoms with Gasteiger partial charge in [0.25, 0.3) is 0 Å². The van der Waals surface area contributed by atoms with Crippen molar-refractivity contribution < 1.29 is 0 Å². The summed E-state index contributed by atoms with van der Waals surface area (Å²) in [7, 11) is 2.11. The van der Waals surface area contributed by atoms with Gasteiger partial charge in [-0.2, -0.15) is 0 Å². The highest BCUT2D eigenvalue weighted by Crippen LogP contribution is 2.10. The number of unbranched alkanes of at least 4 members (excludes halogenated alkanes) is 2. The topological polar surface area (TPSA) is 28.2 Å². The lowest BCUT2D eigenvalue weighted by Gasteiger charge is -2.18. The van der Waals surface area contributed by atoms with E-state index in [4.69, 9.17) is 0 Å². The van der Waals surface area contributed by atoms with Crippen LogP contribution in [0, 0.1) is 0 Å². The molecule has 0 aliphatic carbocycles. The molecule has 0 unspecified atom stereocenters. The van der Waals surface area contributed by atoms with Gasteiger partial charge >= 0.3 is 0 Å². The maximum absolute atomic E-state index is 4.50. The maximum Gasteiger partial charge on any atom is 0.128 e. The molecule has 0 saturated carbocycles. The first-order chi connectivity index (χ1) is 8.27. The zero-order valence-corrected chi connectivity index (χ0v) is 11.4. The Labute approximate surface area is 105 Å². The van der Waals surface area contributed by atoms with E-state index in [1.807, 2.05) is 6.20 Å². The third-order valence-corrected chi connectivity index (χ3v) is 2.88. The lowest BCUT2D eigenvalue weighted by molar-refractivity contribution is 0.699. The van der Waals surface area contributed by atoms with Crippen LogP contribution in [-0.2, 0) is 6.54 Å². The first-order valence-corrected chi connectivity index (χ1v) is 6.64. The highest BCUT2D eigenvalue weighted by atomic mass is 15.2. The molecular formula is C14H25N3. The quantitative estimate of drug-likeness (QED) is 0.702. The number of hydrogen-bond acceptors (Lipinski definition) is 3. The van der Waals surface area contributed by atoms with Crippen molar-refractivity contribution in [1.29, 1.82) is 0 Å². The van der Waals surface area contributed by atoms with E-state index in [1.165, 1.54) is 24.8 Å². The molecule has 0 atom stereocenters. The number of rotatable bonds is 8. The van der Waals surface area contributed by atoms with Crippen molar-refractivity contribution in [2.45, 2.75) is 39.7 Å². The average Bonchev–Trinajstić information content (AvgIpc) is 2.37. The minimum absolute atomic E-state index is 0.906. The van der Waals surface area contributed by atoms with Crippen molar-refractivity contribution in [3.8, 4) is 0 Å². The van der Waals surface area contributed by atoms with Gasteiger partial charge in [0.05, 0.1) is 0 Å². The molecule has 0 aliphatic rings. The van der Waals surface area contributed by atoms with Gasteiger partial charge in [0.1, 0.15) is 5.82 Å². The van der Waals surface area contributed by atoms with E-state index >= 15 is 0 Å². The normalized spacial score (nSPS) is 10.5. The Bertz CT molecular complexity index is 295. The summed E-state index contributed by atoms with van der Waals surface area (Å²) in [5, 5.41) is 3.30. The third kappa shape index (κ3) is 5.18. The summed E-state index contributed by atoms with van der Waals surface area (Å²) in [5.74, 6) is 1.07. The lowest BCUT2D eigenvalue weighted by Crippen LogP contribution is -2.20. The summed E-state index contributed by atoms with van der Waals surface area (Å²) in [6.45, 7) is 7.34. The summed E-state index contributed by atoms with van der Waals surface area (Å²) >= 11 is 0. The Morgan fingerprint density at radius 1 is 1.24 bits per heavy atom. The molecule has 1 aromatic heterocycles. The van der Waals surface area contributed by atoms with Crippen LogP contribution in [0.5, 0.6) is 0 Å². The van der Waals surface area contributed by atoms with Crippen molar-refractivity contribution in [3.05, 3.63) is 23.9 Å². The molecule has 0 radical (unpaired) electrons. The van der Waals surface area contributed by atoms with Crippen LogP contribution >= 0.6 is 0 Å². The van der Waals surface area contributed by atoms with Gasteiger partial charge in [-0.1, -0.05) is 32.8 Å². The van der Waals surface area contributed by atoms with Crippen LogP contribution in [0.1, 0.15) is 38.7 Å². The second-order valence-corrected chi connectivity index (χ2v) is 4.43. The molecule has 1 heterocycles. The van der Waals surface area contributed by atoms with Crippen LogP contribution in [0.3, 0.4) is 0 Å². The van der Waals surface area contributed by atoms with Crippen molar-refractivity contribution >= 4 is 5.82 Å². The Balaban J connectivity index is 2.43. The summed E-state index contributed by atoms with van der Waals surface area (Å²) in [6.07, 6.45) is 5.77. The van der Waals surface area contributed by atoms with Gasteiger partial charge in [0.2, 0.25) is 0 Å².